The molecule has 0 aliphatic heterocycles. The number of aliphatic carboxylic acids is 1. The number of benzene rings is 1. The van der Waals surface area contributed by atoms with Crippen molar-refractivity contribution in [3.63, 3.8) is 0 Å². The minimum absolute atomic E-state index is 0.0141. The van der Waals surface area contributed by atoms with Crippen molar-refractivity contribution in [2.75, 3.05) is 0 Å². The molecule has 0 radical (unpaired) electrons. The lowest BCUT2D eigenvalue weighted by Crippen LogP contribution is -2.47. The first-order valence-electron chi connectivity index (χ1n) is 8.04. The highest BCUT2D eigenvalue weighted by Gasteiger charge is 2.43. The van der Waals surface area contributed by atoms with Crippen LogP contribution in [0.25, 0.3) is 0 Å². The predicted molar refractivity (Wildman–Crippen MR) is 82.7 cm³/mol. The zero-order valence-electron chi connectivity index (χ0n) is 13.5. The number of rotatable bonds is 5. The average Bonchev–Trinajstić information content (AvgIpc) is 2.58. The molecular formula is C17H20F3NO4. The largest absolute Gasteiger partial charge is 0.480 e. The van der Waals surface area contributed by atoms with Crippen molar-refractivity contribution >= 4 is 12.1 Å². The zero-order chi connectivity index (χ0) is 18.4. The highest BCUT2D eigenvalue weighted by Crippen LogP contribution is 2.40. The lowest BCUT2D eigenvalue weighted by atomic mass is 9.78. The van der Waals surface area contributed by atoms with Crippen LogP contribution in [0.5, 0.6) is 0 Å². The molecule has 25 heavy (non-hydrogen) atoms. The fourth-order valence-electron chi connectivity index (χ4n) is 3.05. The van der Waals surface area contributed by atoms with Crippen molar-refractivity contribution in [2.24, 2.45) is 11.8 Å². The number of hydrogen-bond acceptors (Lipinski definition) is 3. The van der Waals surface area contributed by atoms with Crippen molar-refractivity contribution in [2.45, 2.75) is 44.5 Å². The molecule has 138 valence electrons. The van der Waals surface area contributed by atoms with Gasteiger partial charge >= 0.3 is 18.2 Å². The quantitative estimate of drug-likeness (QED) is 0.840. The summed E-state index contributed by atoms with van der Waals surface area (Å²) in [7, 11) is 0. The van der Waals surface area contributed by atoms with Crippen LogP contribution in [-0.2, 0) is 16.1 Å². The van der Waals surface area contributed by atoms with Crippen molar-refractivity contribution in [3.05, 3.63) is 35.9 Å². The van der Waals surface area contributed by atoms with Gasteiger partial charge < -0.3 is 15.2 Å². The minimum atomic E-state index is -4.26. The first-order valence-corrected chi connectivity index (χ1v) is 8.04. The summed E-state index contributed by atoms with van der Waals surface area (Å²) in [4.78, 5) is 23.2. The molecule has 1 amide bonds. The van der Waals surface area contributed by atoms with Crippen LogP contribution in [0, 0.1) is 11.8 Å². The lowest BCUT2D eigenvalue weighted by molar-refractivity contribution is -0.184. The molecule has 1 aliphatic carbocycles. The second kappa shape index (κ2) is 8.22. The van der Waals surface area contributed by atoms with Gasteiger partial charge in [-0.3, -0.25) is 0 Å². The summed E-state index contributed by atoms with van der Waals surface area (Å²) in [5.41, 5.74) is 0.746. The van der Waals surface area contributed by atoms with Crippen LogP contribution in [0.4, 0.5) is 18.0 Å². The van der Waals surface area contributed by atoms with Crippen LogP contribution in [-0.4, -0.2) is 29.4 Å². The molecule has 0 bridgehead atoms. The molecule has 1 aliphatic rings. The van der Waals surface area contributed by atoms with Crippen LogP contribution in [0.1, 0.15) is 31.2 Å². The molecule has 2 N–H and O–H groups in total. The third-order valence-electron chi connectivity index (χ3n) is 4.46. The molecule has 0 saturated heterocycles. The first kappa shape index (κ1) is 19.1. The Kier molecular flexibility index (Phi) is 6.27. The summed E-state index contributed by atoms with van der Waals surface area (Å²) in [6, 6.07) is 7.60. The number of amides is 1. The monoisotopic (exact) mass is 359 g/mol. The third kappa shape index (κ3) is 5.65. The number of hydrogen-bond donors (Lipinski definition) is 2. The molecule has 8 heteroatoms. The summed E-state index contributed by atoms with van der Waals surface area (Å²) < 4.78 is 43.1. The third-order valence-corrected chi connectivity index (χ3v) is 4.46. The van der Waals surface area contributed by atoms with Crippen molar-refractivity contribution in [3.8, 4) is 0 Å². The fraction of sp³-hybridized carbons (Fsp3) is 0.529. The Morgan fingerprint density at radius 3 is 2.28 bits per heavy atom. The van der Waals surface area contributed by atoms with Gasteiger partial charge in [0.05, 0.1) is 5.92 Å². The molecule has 0 spiro atoms. The number of carboxylic acid groups (broad SMARTS) is 1. The maximum Gasteiger partial charge on any atom is 0.408 e. The molecule has 1 unspecified atom stereocenters. The number of carbonyl (C=O) groups excluding carboxylic acids is 1. The summed E-state index contributed by atoms with van der Waals surface area (Å²) in [5.74, 6) is -3.21. The van der Waals surface area contributed by atoms with Gasteiger partial charge in [0.1, 0.15) is 12.6 Å². The predicted octanol–water partition coefficient (Wildman–Crippen LogP) is 3.73. The van der Waals surface area contributed by atoms with E-state index >= 15 is 0 Å². The van der Waals surface area contributed by atoms with Gasteiger partial charge in [-0.05, 0) is 37.2 Å². The zero-order valence-corrected chi connectivity index (χ0v) is 13.5. The minimum Gasteiger partial charge on any atom is -0.480 e. The standard InChI is InChI=1S/C17H20F3NO4/c18-17(19,20)13-8-6-12(7-9-13)14(15(22)23)21-16(24)25-10-11-4-2-1-3-5-11/h1-5,12-14H,6-10H2,(H,21,24)(H,22,23). The second-order valence-electron chi connectivity index (χ2n) is 6.18. The van der Waals surface area contributed by atoms with E-state index in [1.807, 2.05) is 0 Å². The van der Waals surface area contributed by atoms with Gasteiger partial charge in [-0.2, -0.15) is 13.2 Å². The van der Waals surface area contributed by atoms with E-state index in [9.17, 15) is 27.9 Å². The van der Waals surface area contributed by atoms with Gasteiger partial charge in [0.2, 0.25) is 0 Å². The smallest absolute Gasteiger partial charge is 0.408 e. The maximum atomic E-state index is 12.7. The van der Waals surface area contributed by atoms with Gasteiger partial charge in [0.15, 0.2) is 0 Å². The lowest BCUT2D eigenvalue weighted by Gasteiger charge is -2.32. The van der Waals surface area contributed by atoms with Gasteiger partial charge in [-0.15, -0.1) is 0 Å². The van der Waals surface area contributed by atoms with Gasteiger partial charge in [-0.1, -0.05) is 30.3 Å². The second-order valence-corrected chi connectivity index (χ2v) is 6.18. The first-order chi connectivity index (χ1) is 11.8. The molecule has 5 nitrogen and oxygen atoms in total. The molecular weight excluding hydrogens is 339 g/mol. The Morgan fingerprint density at radius 2 is 1.76 bits per heavy atom. The molecule has 1 atom stereocenters. The van der Waals surface area contributed by atoms with Crippen molar-refractivity contribution in [1.29, 1.82) is 0 Å². The normalized spacial score (nSPS) is 22.0. The fourth-order valence-corrected chi connectivity index (χ4v) is 3.05. The maximum absolute atomic E-state index is 12.7. The SMILES string of the molecule is O=C(NC(C(=O)O)C1CCC(C(F)(F)F)CC1)OCc1ccccc1. The topological polar surface area (TPSA) is 75.6 Å². The summed E-state index contributed by atoms with van der Waals surface area (Å²) in [6.45, 7) is -0.0141. The number of carboxylic acids is 1. The van der Waals surface area contributed by atoms with E-state index in [-0.39, 0.29) is 32.3 Å². The van der Waals surface area contributed by atoms with Crippen molar-refractivity contribution < 1.29 is 32.6 Å². The Hall–Kier alpha value is -2.25. The Morgan fingerprint density at radius 1 is 1.16 bits per heavy atom. The van der Waals surface area contributed by atoms with Crippen LogP contribution >= 0.6 is 0 Å². The highest BCUT2D eigenvalue weighted by atomic mass is 19.4. The molecule has 2 rings (SSSR count). The van der Waals surface area contributed by atoms with Gasteiger partial charge in [0, 0.05) is 0 Å². The number of halogens is 3. The summed E-state index contributed by atoms with van der Waals surface area (Å²) in [5, 5.41) is 11.6. The number of carbonyl (C=O) groups is 2. The van der Waals surface area contributed by atoms with Gasteiger partial charge in [-0.25, -0.2) is 9.59 Å². The molecule has 0 aromatic heterocycles. The Balaban J connectivity index is 1.86. The van der Waals surface area contributed by atoms with Crippen LogP contribution < -0.4 is 5.32 Å². The van der Waals surface area contributed by atoms with Gasteiger partial charge in [0.25, 0.3) is 0 Å². The van der Waals surface area contributed by atoms with E-state index in [0.717, 1.165) is 5.56 Å². The van der Waals surface area contributed by atoms with E-state index < -0.39 is 36.1 Å². The molecule has 1 aromatic carbocycles. The number of alkyl halides is 3. The average molecular weight is 359 g/mol. The summed E-state index contributed by atoms with van der Waals surface area (Å²) in [6.07, 6.45) is -5.21. The number of alkyl carbamates (subject to hydrolysis) is 1. The number of nitrogens with one attached hydrogen (secondary N) is 1. The van der Waals surface area contributed by atoms with E-state index in [4.69, 9.17) is 4.74 Å². The Bertz CT molecular complexity index is 583. The number of ether oxygens (including phenoxy) is 1. The van der Waals surface area contributed by atoms with Crippen LogP contribution in [0.3, 0.4) is 0 Å². The van der Waals surface area contributed by atoms with E-state index in [0.29, 0.717) is 0 Å². The van der Waals surface area contributed by atoms with Crippen LogP contribution in [0.15, 0.2) is 30.3 Å². The molecule has 1 aromatic rings. The van der Waals surface area contributed by atoms with Crippen LogP contribution in [0.2, 0.25) is 0 Å². The van der Waals surface area contributed by atoms with E-state index in [1.54, 1.807) is 30.3 Å². The molecule has 0 heterocycles. The summed E-state index contributed by atoms with van der Waals surface area (Å²) >= 11 is 0. The van der Waals surface area contributed by atoms with Crippen molar-refractivity contribution in [1.82, 2.24) is 5.32 Å². The van der Waals surface area contributed by atoms with E-state index in [2.05, 4.69) is 5.32 Å². The highest BCUT2D eigenvalue weighted by molar-refractivity contribution is 5.80. The van der Waals surface area contributed by atoms with E-state index in [1.165, 1.54) is 0 Å². The Labute approximate surface area is 143 Å². The molecule has 1 saturated carbocycles. The molecule has 1 fully saturated rings.